The van der Waals surface area contributed by atoms with Crippen LogP contribution in [-0.4, -0.2) is 29.0 Å². The van der Waals surface area contributed by atoms with Gasteiger partial charge in [-0.1, -0.05) is 20.9 Å². The van der Waals surface area contributed by atoms with E-state index in [-0.39, 0.29) is 26.7 Å². The smallest absolute Gasteiger partial charge is 0.132 e. The minimum atomic E-state index is -1.06. The second-order valence-electron chi connectivity index (χ2n) is 3.21. The summed E-state index contributed by atoms with van der Waals surface area (Å²) >= 11 is 1.46. The minimum Gasteiger partial charge on any atom is -0.380 e. The molecule has 1 aromatic rings. The van der Waals surface area contributed by atoms with Gasteiger partial charge in [0.25, 0.3) is 0 Å². The number of Topliss-reactive ketones (excluding diaryl/α,β-unsaturated/α-hetero) is 1. The largest absolute Gasteiger partial charge is 0.380 e. The van der Waals surface area contributed by atoms with Crippen molar-refractivity contribution in [3.63, 3.8) is 0 Å². The van der Waals surface area contributed by atoms with Gasteiger partial charge in [0, 0.05) is 13.5 Å². The molecule has 0 amide bonds. The lowest BCUT2D eigenvalue weighted by Gasteiger charge is -2.12. The van der Waals surface area contributed by atoms with Gasteiger partial charge in [-0.25, -0.2) is 0 Å². The highest BCUT2D eigenvalue weighted by Crippen LogP contribution is 2.15. The lowest BCUT2D eigenvalue weighted by atomic mass is 10.2. The molecule has 5 heteroatoms. The van der Waals surface area contributed by atoms with Crippen LogP contribution in [0.2, 0.25) is 0 Å². The molecule has 0 radical (unpaired) electrons. The molecule has 2 unspecified atom stereocenters. The van der Waals surface area contributed by atoms with Crippen molar-refractivity contribution in [3.8, 4) is 0 Å². The zero-order chi connectivity index (χ0) is 11.3. The highest BCUT2D eigenvalue weighted by atomic mass is 32.2. The Morgan fingerprint density at radius 2 is 2.18 bits per heavy atom. The first-order valence-corrected chi connectivity index (χ1v) is 6.77. The molecule has 0 aromatic carbocycles. The average molecular weight is 278 g/mol. The molecule has 0 saturated carbocycles. The Labute approximate surface area is 111 Å². The highest BCUT2D eigenvalue weighted by molar-refractivity contribution is 7.87. The first kappa shape index (κ1) is 18.8. The average Bonchev–Trinajstić information content (AvgIpc) is 2.68. The van der Waals surface area contributed by atoms with Gasteiger partial charge in [-0.05, 0) is 18.4 Å². The first-order valence-electron chi connectivity index (χ1n) is 4.57. The molecule has 0 fully saturated rings. The number of rotatable bonds is 6. The van der Waals surface area contributed by atoms with Gasteiger partial charge in [0.05, 0.1) is 26.9 Å². The number of methoxy groups -OCH3 is 1. The van der Waals surface area contributed by atoms with Gasteiger partial charge in [-0.2, -0.15) is 0 Å². The third kappa shape index (κ3) is 6.71. The number of ether oxygens (including phenoxy) is 1. The lowest BCUT2D eigenvalue weighted by Crippen LogP contribution is -2.21. The van der Waals surface area contributed by atoms with Gasteiger partial charge in [0.1, 0.15) is 5.78 Å². The molecule has 1 rings (SSSR count). The van der Waals surface area contributed by atoms with Crippen molar-refractivity contribution in [2.24, 2.45) is 0 Å². The van der Waals surface area contributed by atoms with Crippen LogP contribution in [0.5, 0.6) is 0 Å². The van der Waals surface area contributed by atoms with Crippen molar-refractivity contribution in [1.82, 2.24) is 0 Å². The van der Waals surface area contributed by atoms with E-state index in [4.69, 9.17) is 4.74 Å². The van der Waals surface area contributed by atoms with Crippen LogP contribution < -0.4 is 0 Å². The number of hydrogen-bond acceptors (Lipinski definition) is 4. The summed E-state index contributed by atoms with van der Waals surface area (Å²) in [6.07, 6.45) is 0.0820. The molecule has 1 heterocycles. The third-order valence-electron chi connectivity index (χ3n) is 1.91. The zero-order valence-corrected chi connectivity index (χ0v) is 10.4. The first-order chi connectivity index (χ1) is 7.13. The molecule has 0 aliphatic carbocycles. The van der Waals surface area contributed by atoms with Crippen LogP contribution in [0.1, 0.15) is 28.2 Å². The van der Waals surface area contributed by atoms with Crippen molar-refractivity contribution in [3.05, 3.63) is 17.5 Å². The van der Waals surface area contributed by atoms with Gasteiger partial charge in [0.15, 0.2) is 0 Å². The van der Waals surface area contributed by atoms with Crippen LogP contribution in [0.25, 0.3) is 0 Å². The summed E-state index contributed by atoms with van der Waals surface area (Å²) in [6.45, 7) is 1.51. The van der Waals surface area contributed by atoms with E-state index in [0.29, 0.717) is 12.2 Å². The Balaban J connectivity index is 0. The SMILES string of the molecule is C.C.COC(CC(C)=O)CS(=O)c1cccs1. The van der Waals surface area contributed by atoms with E-state index >= 15 is 0 Å². The summed E-state index contributed by atoms with van der Waals surface area (Å²) in [5, 5.41) is 1.89. The predicted octanol–water partition coefficient (Wildman–Crippen LogP) is 3.12. The van der Waals surface area contributed by atoms with Gasteiger partial charge in [-0.3, -0.25) is 9.00 Å². The molecule has 2 atom stereocenters. The molecule has 0 aliphatic heterocycles. The van der Waals surface area contributed by atoms with E-state index in [1.54, 1.807) is 7.11 Å². The maximum Gasteiger partial charge on any atom is 0.132 e. The minimum absolute atomic E-state index is 0. The predicted molar refractivity (Wildman–Crippen MR) is 75.2 cm³/mol. The Morgan fingerprint density at radius 3 is 2.59 bits per heavy atom. The Hall–Kier alpha value is -0.520. The van der Waals surface area contributed by atoms with E-state index in [0.717, 1.165) is 4.21 Å². The molecule has 100 valence electrons. The van der Waals surface area contributed by atoms with Gasteiger partial charge in [0.2, 0.25) is 0 Å². The summed E-state index contributed by atoms with van der Waals surface area (Å²) in [7, 11) is 0.484. The molecular formula is C12H22O3S2. The molecule has 0 bridgehead atoms. The van der Waals surface area contributed by atoms with Gasteiger partial charge >= 0.3 is 0 Å². The van der Waals surface area contributed by atoms with E-state index in [9.17, 15) is 9.00 Å². The number of ketones is 1. The van der Waals surface area contributed by atoms with Crippen LogP contribution >= 0.6 is 11.3 Å². The number of carbonyl (C=O) groups excluding carboxylic acids is 1. The summed E-state index contributed by atoms with van der Waals surface area (Å²) in [5.41, 5.74) is 0. The zero-order valence-electron chi connectivity index (χ0n) is 8.76. The fourth-order valence-corrected chi connectivity index (χ4v) is 3.41. The summed E-state index contributed by atoms with van der Waals surface area (Å²) in [4.78, 5) is 10.9. The number of hydrogen-bond donors (Lipinski definition) is 0. The van der Waals surface area contributed by atoms with E-state index in [1.807, 2.05) is 17.5 Å². The third-order valence-corrected chi connectivity index (χ3v) is 4.67. The fourth-order valence-electron chi connectivity index (χ4n) is 1.17. The summed E-state index contributed by atoms with van der Waals surface area (Å²) < 4.78 is 17.7. The molecule has 3 nitrogen and oxygen atoms in total. The molecule has 0 N–H and O–H groups in total. The van der Waals surface area contributed by atoms with Crippen LogP contribution in [0.3, 0.4) is 0 Å². The molecule has 17 heavy (non-hydrogen) atoms. The second kappa shape index (κ2) is 9.50. The van der Waals surface area contributed by atoms with Gasteiger partial charge in [-0.15, -0.1) is 11.3 Å². The van der Waals surface area contributed by atoms with Crippen LogP contribution in [0, 0.1) is 0 Å². The Bertz CT molecular complexity index is 334. The molecule has 0 saturated heterocycles. The van der Waals surface area contributed by atoms with E-state index < -0.39 is 10.8 Å². The number of thiophene rings is 1. The standard InChI is InChI=1S/C10H14O3S2.2CH4/c1-8(11)6-9(13-2)7-15(12)10-4-3-5-14-10;;/h3-5,9H,6-7H2,1-2H3;2*1H4. The molecular weight excluding hydrogens is 256 g/mol. The van der Waals surface area contributed by atoms with Crippen molar-refractivity contribution >= 4 is 27.9 Å². The quantitative estimate of drug-likeness (QED) is 0.803. The van der Waals surface area contributed by atoms with Crippen molar-refractivity contribution in [2.45, 2.75) is 38.5 Å². The molecule has 1 aromatic heterocycles. The van der Waals surface area contributed by atoms with Crippen molar-refractivity contribution < 1.29 is 13.7 Å². The van der Waals surface area contributed by atoms with Gasteiger partial charge < -0.3 is 4.74 Å². The second-order valence-corrected chi connectivity index (χ2v) is 5.88. The highest BCUT2D eigenvalue weighted by Gasteiger charge is 2.15. The summed E-state index contributed by atoms with van der Waals surface area (Å²) in [6, 6.07) is 3.70. The maximum atomic E-state index is 11.8. The normalized spacial score (nSPS) is 13.1. The van der Waals surface area contributed by atoms with E-state index in [1.165, 1.54) is 18.3 Å². The van der Waals surface area contributed by atoms with Crippen LogP contribution in [-0.2, 0) is 20.3 Å². The fraction of sp³-hybridized carbons (Fsp3) is 0.583. The van der Waals surface area contributed by atoms with Crippen LogP contribution in [0.4, 0.5) is 0 Å². The maximum absolute atomic E-state index is 11.8. The molecule has 0 spiro atoms. The molecule has 0 aliphatic rings. The monoisotopic (exact) mass is 278 g/mol. The lowest BCUT2D eigenvalue weighted by molar-refractivity contribution is -0.119. The topological polar surface area (TPSA) is 43.4 Å². The Morgan fingerprint density at radius 1 is 1.53 bits per heavy atom. The summed E-state index contributed by atoms with van der Waals surface area (Å²) in [5.74, 6) is 0.446. The van der Waals surface area contributed by atoms with Crippen molar-refractivity contribution in [1.29, 1.82) is 0 Å². The van der Waals surface area contributed by atoms with Crippen molar-refractivity contribution in [2.75, 3.05) is 12.9 Å². The van der Waals surface area contributed by atoms with E-state index in [2.05, 4.69) is 0 Å². The number of carbonyl (C=O) groups is 1. The van der Waals surface area contributed by atoms with Crippen LogP contribution in [0.15, 0.2) is 21.7 Å². The Kier molecular flexibility index (Phi) is 10.5.